The van der Waals surface area contributed by atoms with Gasteiger partial charge in [0.25, 0.3) is 0 Å². The Morgan fingerprint density at radius 1 is 1.03 bits per heavy atom. The molecule has 1 saturated heterocycles. The zero-order valence-electron chi connectivity index (χ0n) is 18.2. The molecule has 6 heteroatoms. The lowest BCUT2D eigenvalue weighted by atomic mass is 9.91. The van der Waals surface area contributed by atoms with Gasteiger partial charge in [0.2, 0.25) is 5.95 Å². The smallest absolute Gasteiger partial charge is 0.225 e. The van der Waals surface area contributed by atoms with Gasteiger partial charge in [-0.25, -0.2) is 9.97 Å². The van der Waals surface area contributed by atoms with Crippen molar-refractivity contribution in [2.24, 2.45) is 0 Å². The number of hydrogen-bond acceptors (Lipinski definition) is 6. The zero-order valence-corrected chi connectivity index (χ0v) is 18.2. The van der Waals surface area contributed by atoms with Gasteiger partial charge in [-0.3, -0.25) is 9.80 Å². The summed E-state index contributed by atoms with van der Waals surface area (Å²) in [6.45, 7) is 9.44. The predicted octanol–water partition coefficient (Wildman–Crippen LogP) is 2.64. The molecule has 160 valence electrons. The van der Waals surface area contributed by atoms with Crippen LogP contribution < -0.4 is 10.6 Å². The fraction of sp³-hybridized carbons (Fsp3) is 0.583. The van der Waals surface area contributed by atoms with Gasteiger partial charge < -0.3 is 10.6 Å². The first-order chi connectivity index (χ1) is 14.7. The first-order valence-electron chi connectivity index (χ1n) is 11.6. The molecular formula is C24H34N6. The molecule has 3 heterocycles. The summed E-state index contributed by atoms with van der Waals surface area (Å²) in [5.41, 5.74) is 12.2. The predicted molar refractivity (Wildman–Crippen MR) is 122 cm³/mol. The number of aromatic nitrogens is 2. The maximum absolute atomic E-state index is 6.31. The van der Waals surface area contributed by atoms with E-state index < -0.39 is 0 Å². The molecule has 0 unspecified atom stereocenters. The Bertz CT molecular complexity index is 885. The molecule has 6 nitrogen and oxygen atoms in total. The number of aryl methyl sites for hydroxylation is 1. The number of benzene rings is 1. The van der Waals surface area contributed by atoms with Gasteiger partial charge in [-0.2, -0.15) is 0 Å². The van der Waals surface area contributed by atoms with Gasteiger partial charge in [0.15, 0.2) is 0 Å². The second-order valence-electron chi connectivity index (χ2n) is 9.17. The number of hydrogen-bond donors (Lipinski definition) is 1. The van der Waals surface area contributed by atoms with Crippen LogP contribution in [0.15, 0.2) is 24.4 Å². The van der Waals surface area contributed by atoms with E-state index in [2.05, 4.69) is 46.0 Å². The number of para-hydroxylation sites is 1. The molecule has 2 aliphatic heterocycles. The lowest BCUT2D eigenvalue weighted by Crippen LogP contribution is -2.52. The molecule has 30 heavy (non-hydrogen) atoms. The number of anilines is 2. The fourth-order valence-electron chi connectivity index (χ4n) is 4.98. The summed E-state index contributed by atoms with van der Waals surface area (Å²) >= 11 is 0. The molecule has 3 aliphatic rings. The molecule has 2 N–H and O–H groups in total. The van der Waals surface area contributed by atoms with Gasteiger partial charge in [-0.05, 0) is 42.9 Å². The molecule has 1 aromatic heterocycles. The van der Waals surface area contributed by atoms with Crippen LogP contribution in [0.5, 0.6) is 0 Å². The molecule has 2 fully saturated rings. The number of nitrogen functional groups attached to an aromatic ring is 1. The Hall–Kier alpha value is -2.18. The van der Waals surface area contributed by atoms with Crippen molar-refractivity contribution in [3.63, 3.8) is 0 Å². The van der Waals surface area contributed by atoms with E-state index in [1.165, 1.54) is 41.6 Å². The van der Waals surface area contributed by atoms with Crippen LogP contribution in [0, 0.1) is 6.92 Å². The van der Waals surface area contributed by atoms with Crippen molar-refractivity contribution < 1.29 is 0 Å². The number of nitrogens with two attached hydrogens (primary N) is 1. The lowest BCUT2D eigenvalue weighted by Gasteiger charge is -2.43. The number of fused-ring (bicyclic) bond motifs is 1. The van der Waals surface area contributed by atoms with E-state index in [1.807, 2.05) is 0 Å². The number of piperazine rings is 1. The van der Waals surface area contributed by atoms with E-state index in [0.29, 0.717) is 0 Å². The minimum Gasteiger partial charge on any atom is -0.398 e. The largest absolute Gasteiger partial charge is 0.398 e. The van der Waals surface area contributed by atoms with Crippen molar-refractivity contribution in [1.82, 2.24) is 19.8 Å². The van der Waals surface area contributed by atoms with Crippen molar-refractivity contribution in [3.8, 4) is 0 Å². The van der Waals surface area contributed by atoms with Gasteiger partial charge in [0, 0.05) is 70.2 Å². The lowest BCUT2D eigenvalue weighted by molar-refractivity contribution is 0.120. The molecule has 1 aromatic carbocycles. The first-order valence-corrected chi connectivity index (χ1v) is 11.6. The van der Waals surface area contributed by atoms with E-state index in [9.17, 15) is 0 Å². The molecule has 0 atom stereocenters. The van der Waals surface area contributed by atoms with Gasteiger partial charge in [-0.15, -0.1) is 0 Å². The van der Waals surface area contributed by atoms with E-state index >= 15 is 0 Å². The van der Waals surface area contributed by atoms with Gasteiger partial charge >= 0.3 is 0 Å². The van der Waals surface area contributed by atoms with Crippen LogP contribution in [0.3, 0.4) is 0 Å². The maximum Gasteiger partial charge on any atom is 0.225 e. The Balaban J connectivity index is 1.22. The Kier molecular flexibility index (Phi) is 5.61. The third-order valence-corrected chi connectivity index (χ3v) is 7.30. The monoisotopic (exact) mass is 406 g/mol. The van der Waals surface area contributed by atoms with Crippen molar-refractivity contribution in [2.75, 3.05) is 49.9 Å². The van der Waals surface area contributed by atoms with Crippen LogP contribution in [-0.4, -0.2) is 65.1 Å². The molecule has 1 aliphatic carbocycles. The molecule has 1 saturated carbocycles. The van der Waals surface area contributed by atoms with Gasteiger partial charge in [-0.1, -0.05) is 24.6 Å². The molecule has 0 bridgehead atoms. The Labute approximate surface area is 180 Å². The Morgan fingerprint density at radius 3 is 2.60 bits per heavy atom. The van der Waals surface area contributed by atoms with Crippen LogP contribution in [0.4, 0.5) is 11.6 Å². The molecule has 2 aromatic rings. The minimum atomic E-state index is 0.841. The summed E-state index contributed by atoms with van der Waals surface area (Å²) in [5, 5.41) is 0. The van der Waals surface area contributed by atoms with Crippen LogP contribution >= 0.6 is 0 Å². The zero-order chi connectivity index (χ0) is 20.5. The number of nitrogens with zero attached hydrogens (tertiary/aromatic N) is 5. The highest BCUT2D eigenvalue weighted by atomic mass is 15.3. The summed E-state index contributed by atoms with van der Waals surface area (Å²) in [5.74, 6) is 0.929. The van der Waals surface area contributed by atoms with E-state index in [-0.39, 0.29) is 0 Å². The second-order valence-corrected chi connectivity index (χ2v) is 9.17. The second kappa shape index (κ2) is 8.52. The third-order valence-electron chi connectivity index (χ3n) is 7.30. The van der Waals surface area contributed by atoms with Crippen molar-refractivity contribution >= 4 is 11.6 Å². The fourth-order valence-corrected chi connectivity index (χ4v) is 4.98. The van der Waals surface area contributed by atoms with Gasteiger partial charge in [0.05, 0.1) is 5.69 Å². The summed E-state index contributed by atoms with van der Waals surface area (Å²) in [6.07, 6.45) is 8.27. The average molecular weight is 407 g/mol. The molecule has 0 spiro atoms. The number of rotatable bonds is 4. The van der Waals surface area contributed by atoms with E-state index in [0.717, 1.165) is 76.3 Å². The molecule has 5 rings (SSSR count). The van der Waals surface area contributed by atoms with Crippen molar-refractivity contribution in [3.05, 3.63) is 46.8 Å². The van der Waals surface area contributed by atoms with E-state index in [1.54, 1.807) is 0 Å². The van der Waals surface area contributed by atoms with Gasteiger partial charge in [0.1, 0.15) is 0 Å². The van der Waals surface area contributed by atoms with Crippen molar-refractivity contribution in [1.29, 1.82) is 0 Å². The van der Waals surface area contributed by atoms with Crippen LogP contribution in [0.25, 0.3) is 0 Å². The SMILES string of the molecule is Cc1cccc(CN2CCc3cnc(N4CCN(C5CCC5)CC4)nc3CC2)c1N. The van der Waals surface area contributed by atoms with Crippen LogP contribution in [0.2, 0.25) is 0 Å². The highest BCUT2D eigenvalue weighted by Crippen LogP contribution is 2.27. The normalized spacial score (nSPS) is 21.2. The van der Waals surface area contributed by atoms with E-state index in [4.69, 9.17) is 15.7 Å². The molecule has 0 radical (unpaired) electrons. The summed E-state index contributed by atoms with van der Waals surface area (Å²) in [4.78, 5) is 17.3. The first kappa shape index (κ1) is 19.8. The quantitative estimate of drug-likeness (QED) is 0.788. The average Bonchev–Trinajstić information content (AvgIpc) is 2.93. The standard InChI is InChI=1S/C24H34N6/c1-18-4-2-5-20(23(18)25)17-28-10-8-19-16-26-24(27-22(19)9-11-28)30-14-12-29(13-15-30)21-6-3-7-21/h2,4-5,16,21H,3,6-15,17,25H2,1H3. The summed E-state index contributed by atoms with van der Waals surface area (Å²) in [6, 6.07) is 7.19. The summed E-state index contributed by atoms with van der Waals surface area (Å²) in [7, 11) is 0. The third kappa shape index (κ3) is 4.03. The highest BCUT2D eigenvalue weighted by Gasteiger charge is 2.29. The van der Waals surface area contributed by atoms with Crippen LogP contribution in [-0.2, 0) is 19.4 Å². The maximum atomic E-state index is 6.31. The van der Waals surface area contributed by atoms with Crippen LogP contribution in [0.1, 0.15) is 41.6 Å². The summed E-state index contributed by atoms with van der Waals surface area (Å²) < 4.78 is 0. The molecule has 0 amide bonds. The van der Waals surface area contributed by atoms with Crippen molar-refractivity contribution in [2.45, 2.75) is 51.6 Å². The molecular weight excluding hydrogens is 372 g/mol. The Morgan fingerprint density at radius 2 is 1.83 bits per heavy atom. The topological polar surface area (TPSA) is 61.5 Å². The highest BCUT2D eigenvalue weighted by molar-refractivity contribution is 5.53. The minimum absolute atomic E-state index is 0.841.